The molecule has 0 fully saturated rings. The van der Waals surface area contributed by atoms with E-state index in [0.29, 0.717) is 63.6 Å². The van der Waals surface area contributed by atoms with E-state index in [0.717, 1.165) is 159 Å². The van der Waals surface area contributed by atoms with Gasteiger partial charge in [0.2, 0.25) is 11.8 Å². The van der Waals surface area contributed by atoms with Crippen LogP contribution in [0.5, 0.6) is 46.0 Å². The number of carbonyl (C=O) groups is 2. The summed E-state index contributed by atoms with van der Waals surface area (Å²) in [6.45, 7) is 22.1. The molecule has 7 N–H and O–H groups in total. The molecule has 120 heavy (non-hydrogen) atoms. The molecule has 0 atom stereocenters. The van der Waals surface area contributed by atoms with E-state index in [1.165, 1.54) is 95.1 Å². The van der Waals surface area contributed by atoms with Crippen molar-refractivity contribution in [3.63, 3.8) is 0 Å². The largest absolute Gasteiger partial charge is 0.504 e. The summed E-state index contributed by atoms with van der Waals surface area (Å²) in [6, 6.07) is 62.9. The van der Waals surface area contributed by atoms with E-state index >= 15 is 0 Å². The standard InChI is InChI=1S/C22H27NO2.C22H27NOS.C20H23NO3.C19H21NO2S.C18H22N2O2S/c1-16-7-9-18(10-8-16)5-4-6-22(24)23-12-11-19-13-17(2)21(25-3)14-20(19)15-23;1-16-7-9-18(10-8-16)5-4-6-22(25)23-12-11-19-13-17(2)21(24-3)14-20(19)15-23;1-14-5-7-15(8-6-14)3-2-4-20(24)21-10-9-16-11-18(22)19(23)12-17(16)13-21;1-13-5-7-14(8-6-13)3-2-4-19(23)20-11-15-9-17(21)18(22)10-16(15)12-20;1-13-3-5-14(6-4-13)9-10-19-18(23)20(2)12-15-7-8-16(21)17(22)11-15/h2*7-10,13-14H,4-6,11-12,15H2,1-3H3;5-8,11-12,22-23H,2-4,9-10,13H2,1H3;5-10,21-22H,2-4,11-12H2,1H3;3-8,11,21-22H,9-10,12H2,1-2H3,(H,19,23). The number of hydrogen-bond donors (Lipinski definition) is 7. The number of phenolic OH excluding ortho intramolecular Hbond substituents is 6. The number of phenols is 6. The Hall–Kier alpha value is -11.0. The fourth-order valence-corrected chi connectivity index (χ4v) is 16.1. The third-order valence-electron chi connectivity index (χ3n) is 22.7. The third-order valence-corrected chi connectivity index (χ3v) is 24.1. The number of nitrogens with zero attached hydrogens (tertiary/aromatic N) is 5. The molecule has 632 valence electrons. The third kappa shape index (κ3) is 27.5. The van der Waals surface area contributed by atoms with E-state index in [9.17, 15) is 40.2 Å². The zero-order valence-corrected chi connectivity index (χ0v) is 74.0. The van der Waals surface area contributed by atoms with E-state index in [1.807, 2.05) is 21.7 Å². The van der Waals surface area contributed by atoms with Crippen LogP contribution in [-0.2, 0) is 100 Å². The second-order valence-electron chi connectivity index (χ2n) is 32.3. The van der Waals surface area contributed by atoms with Crippen molar-refractivity contribution in [2.75, 3.05) is 47.4 Å². The van der Waals surface area contributed by atoms with Crippen LogP contribution in [0.15, 0.2) is 188 Å². The molecule has 0 saturated heterocycles. The number of aromatic hydroxyl groups is 6. The van der Waals surface area contributed by atoms with Crippen molar-refractivity contribution in [2.45, 2.75) is 190 Å². The van der Waals surface area contributed by atoms with Crippen molar-refractivity contribution in [2.24, 2.45) is 0 Å². The summed E-state index contributed by atoms with van der Waals surface area (Å²) in [4.78, 5) is 37.3. The van der Waals surface area contributed by atoms with Crippen LogP contribution in [-0.4, -0.2) is 129 Å². The summed E-state index contributed by atoms with van der Waals surface area (Å²) in [5.74, 6) is 1.74. The molecule has 0 radical (unpaired) electrons. The minimum Gasteiger partial charge on any atom is -0.504 e. The summed E-state index contributed by atoms with van der Waals surface area (Å²) in [5.41, 5.74) is 25.6. The quantitative estimate of drug-likeness (QED) is 0.0235. The Morgan fingerprint density at radius 3 is 1.02 bits per heavy atom. The van der Waals surface area contributed by atoms with E-state index in [4.69, 9.17) is 46.1 Å². The number of methoxy groups -OCH3 is 2. The van der Waals surface area contributed by atoms with Gasteiger partial charge in [0.15, 0.2) is 39.6 Å². The number of ether oxygens (including phenoxy) is 2. The van der Waals surface area contributed by atoms with Crippen LogP contribution in [0.3, 0.4) is 0 Å². The number of hydrogen-bond acceptors (Lipinski definition) is 13. The molecule has 0 unspecified atom stereocenters. The molecule has 16 nitrogen and oxygen atoms in total. The number of fused-ring (bicyclic) bond motifs is 4. The maximum Gasteiger partial charge on any atom is 0.222 e. The Morgan fingerprint density at radius 1 is 0.350 bits per heavy atom. The summed E-state index contributed by atoms with van der Waals surface area (Å²) in [6.07, 6.45) is 14.5. The first kappa shape index (κ1) is 91.3. The van der Waals surface area contributed by atoms with Crippen LogP contribution in [0.2, 0.25) is 0 Å². The molecule has 0 saturated carbocycles. The van der Waals surface area contributed by atoms with Gasteiger partial charge in [-0.2, -0.15) is 0 Å². The van der Waals surface area contributed by atoms with Gasteiger partial charge >= 0.3 is 0 Å². The monoisotopic (exact) mass is 1670 g/mol. The molecule has 4 aliphatic rings. The van der Waals surface area contributed by atoms with Crippen molar-refractivity contribution in [1.82, 2.24) is 29.8 Å². The Kier molecular flexibility index (Phi) is 34.2. The predicted molar refractivity (Wildman–Crippen MR) is 495 cm³/mol. The van der Waals surface area contributed by atoms with Crippen LogP contribution in [0.25, 0.3) is 0 Å². The van der Waals surface area contributed by atoms with Crippen molar-refractivity contribution in [3.05, 3.63) is 305 Å². The van der Waals surface area contributed by atoms with E-state index in [2.05, 4.69) is 209 Å². The fraction of sp³-hybridized carbons (Fsp3) is 0.356. The Morgan fingerprint density at radius 2 is 0.642 bits per heavy atom. The van der Waals surface area contributed by atoms with Gasteiger partial charge in [-0.1, -0.05) is 192 Å². The first-order valence-corrected chi connectivity index (χ1v) is 43.2. The molecular formula is C101H120N6O10S3. The van der Waals surface area contributed by atoms with Crippen LogP contribution in [0, 0.1) is 48.5 Å². The highest BCUT2D eigenvalue weighted by Gasteiger charge is 2.27. The van der Waals surface area contributed by atoms with Crippen LogP contribution >= 0.6 is 36.7 Å². The SMILES string of the molecule is COc1cc2c(cc1C)CCN(C(=O)CCCc1ccc(C)cc1)C2.COc1cc2c(cc1C)CCN(C(=S)CCCc1ccc(C)cc1)C2.Cc1ccc(CCCC(=O)N2CCc3cc(O)c(O)cc3C2)cc1.Cc1ccc(CCCC(=S)N2Cc3cc(O)c(O)cc3C2)cc1.Cc1ccc(CCNC(=S)N(C)Cc2ccc(O)c(O)c2)cc1. The number of amides is 2. The summed E-state index contributed by atoms with van der Waals surface area (Å²) >= 11 is 16.7. The van der Waals surface area contributed by atoms with Crippen LogP contribution in [0.1, 0.15) is 168 Å². The molecule has 0 aliphatic carbocycles. The van der Waals surface area contributed by atoms with Gasteiger partial charge in [0.05, 0.1) is 24.2 Å². The van der Waals surface area contributed by atoms with Gasteiger partial charge in [-0.3, -0.25) is 9.59 Å². The molecule has 14 rings (SSSR count). The Balaban J connectivity index is 0.000000158. The maximum atomic E-state index is 12.6. The summed E-state index contributed by atoms with van der Waals surface area (Å²) in [7, 11) is 5.34. The number of thiocarbonyl (C=S) groups is 3. The van der Waals surface area contributed by atoms with E-state index in [1.54, 1.807) is 50.6 Å². The van der Waals surface area contributed by atoms with E-state index in [-0.39, 0.29) is 46.3 Å². The van der Waals surface area contributed by atoms with Gasteiger partial charge in [0.25, 0.3) is 0 Å². The fourth-order valence-electron chi connectivity index (χ4n) is 15.3. The average molecular weight is 1670 g/mol. The first-order valence-electron chi connectivity index (χ1n) is 41.9. The van der Waals surface area contributed by atoms with Gasteiger partial charge in [0, 0.05) is 85.3 Å². The van der Waals surface area contributed by atoms with Crippen LogP contribution in [0.4, 0.5) is 0 Å². The van der Waals surface area contributed by atoms with Gasteiger partial charge in [0.1, 0.15) is 11.5 Å². The molecule has 2 amide bonds. The van der Waals surface area contributed by atoms with Crippen molar-refractivity contribution >= 4 is 63.6 Å². The average Bonchev–Trinajstić information content (AvgIpc) is 1.74. The smallest absolute Gasteiger partial charge is 0.222 e. The normalized spacial score (nSPS) is 12.8. The highest BCUT2D eigenvalue weighted by Crippen LogP contribution is 2.36. The number of nitrogens with one attached hydrogen (secondary N) is 1. The van der Waals surface area contributed by atoms with Crippen molar-refractivity contribution < 1.29 is 49.7 Å². The molecule has 4 heterocycles. The lowest BCUT2D eigenvalue weighted by molar-refractivity contribution is -0.133. The predicted octanol–water partition coefficient (Wildman–Crippen LogP) is 19.6. The van der Waals surface area contributed by atoms with Crippen molar-refractivity contribution in [3.8, 4) is 46.0 Å². The van der Waals surface area contributed by atoms with Gasteiger partial charge in [-0.15, -0.1) is 0 Å². The summed E-state index contributed by atoms with van der Waals surface area (Å²) in [5, 5.41) is 61.1. The molecule has 10 aromatic rings. The van der Waals surface area contributed by atoms with Gasteiger partial charge in [-0.25, -0.2) is 0 Å². The summed E-state index contributed by atoms with van der Waals surface area (Å²) < 4.78 is 10.9. The lowest BCUT2D eigenvalue weighted by Gasteiger charge is -2.31. The number of benzene rings is 10. The lowest BCUT2D eigenvalue weighted by atomic mass is 9.96. The van der Waals surface area contributed by atoms with Crippen molar-refractivity contribution in [1.29, 1.82) is 0 Å². The minimum absolute atomic E-state index is 0.0594. The molecule has 0 bridgehead atoms. The molecule has 0 aromatic heterocycles. The molecule has 10 aromatic carbocycles. The highest BCUT2D eigenvalue weighted by molar-refractivity contribution is 7.80. The zero-order chi connectivity index (χ0) is 85.9. The minimum atomic E-state index is -0.123. The molecular weight excluding hydrogens is 1550 g/mol. The second-order valence-corrected chi connectivity index (χ2v) is 33.7. The Labute approximate surface area is 727 Å². The molecule has 4 aliphatic heterocycles. The van der Waals surface area contributed by atoms with Gasteiger partial charge in [-0.05, 0) is 288 Å². The maximum absolute atomic E-state index is 12.6. The Bertz CT molecular complexity index is 4950. The molecule has 19 heteroatoms. The van der Waals surface area contributed by atoms with E-state index < -0.39 is 0 Å². The second kappa shape index (κ2) is 44.9. The lowest BCUT2D eigenvalue weighted by Crippen LogP contribution is -2.37. The van der Waals surface area contributed by atoms with Crippen LogP contribution < -0.4 is 14.8 Å². The highest BCUT2D eigenvalue weighted by atomic mass is 32.1. The topological polar surface area (TPSA) is 202 Å². The number of aryl methyl sites for hydroxylation is 11. The first-order chi connectivity index (χ1) is 57.6. The number of carbonyl (C=O) groups excluding carboxylic acids is 2. The molecule has 0 spiro atoms. The number of rotatable bonds is 23. The zero-order valence-electron chi connectivity index (χ0n) is 71.6. The van der Waals surface area contributed by atoms with Gasteiger partial charge < -0.3 is 69.9 Å².